The molecule has 1 aliphatic rings. The van der Waals surface area contributed by atoms with Crippen LogP contribution in [0.2, 0.25) is 0 Å². The van der Waals surface area contributed by atoms with Crippen molar-refractivity contribution in [1.82, 2.24) is 15.5 Å². The summed E-state index contributed by atoms with van der Waals surface area (Å²) in [4.78, 5) is 38.9. The minimum atomic E-state index is -0.532. The van der Waals surface area contributed by atoms with E-state index in [0.29, 0.717) is 69.8 Å². The molecule has 1 fully saturated rings. The van der Waals surface area contributed by atoms with Crippen molar-refractivity contribution >= 4 is 17.9 Å². The Labute approximate surface area is 270 Å². The van der Waals surface area contributed by atoms with E-state index in [-0.39, 0.29) is 23.8 Å². The van der Waals surface area contributed by atoms with Crippen molar-refractivity contribution in [2.24, 2.45) is 5.92 Å². The Morgan fingerprint density at radius 2 is 1.33 bits per heavy atom. The van der Waals surface area contributed by atoms with E-state index >= 15 is 0 Å². The average molecular weight is 627 g/mol. The maximum atomic E-state index is 12.7. The van der Waals surface area contributed by atoms with E-state index in [1.54, 1.807) is 29.2 Å². The number of likely N-dealkylation sites (tertiary alicyclic amines) is 1. The minimum Gasteiger partial charge on any atom is -0.493 e. The minimum absolute atomic E-state index is 0.00487. The van der Waals surface area contributed by atoms with Crippen LogP contribution in [-0.2, 0) is 22.6 Å². The highest BCUT2D eigenvalue weighted by atomic mass is 16.6. The van der Waals surface area contributed by atoms with Crippen molar-refractivity contribution in [3.63, 3.8) is 0 Å². The summed E-state index contributed by atoms with van der Waals surface area (Å²) < 4.78 is 17.1. The van der Waals surface area contributed by atoms with E-state index in [0.717, 1.165) is 22.6 Å². The number of piperidine rings is 1. The third kappa shape index (κ3) is 10.8. The van der Waals surface area contributed by atoms with Gasteiger partial charge < -0.3 is 29.7 Å². The van der Waals surface area contributed by atoms with Gasteiger partial charge in [0, 0.05) is 44.1 Å². The molecule has 0 aliphatic carbocycles. The zero-order valence-corrected chi connectivity index (χ0v) is 26.7. The first-order valence-electron chi connectivity index (χ1n) is 15.6. The SMILES string of the molecule is CC(C)(C)OC(=O)N1CCC(C(=O)NCc2ccc(OCCCOc3ccc(CNC(=O)c4ccc(C#N)cc4)cc3)cc2)CC1. The number of hydrogen-bond acceptors (Lipinski definition) is 7. The highest BCUT2D eigenvalue weighted by Gasteiger charge is 2.29. The van der Waals surface area contributed by atoms with Crippen molar-refractivity contribution in [3.8, 4) is 17.6 Å². The first-order valence-corrected chi connectivity index (χ1v) is 15.6. The van der Waals surface area contributed by atoms with Gasteiger partial charge >= 0.3 is 6.09 Å². The summed E-state index contributed by atoms with van der Waals surface area (Å²) >= 11 is 0. The number of nitriles is 1. The number of nitrogens with one attached hydrogen (secondary N) is 2. The lowest BCUT2D eigenvalue weighted by Crippen LogP contribution is -2.44. The molecule has 1 aliphatic heterocycles. The molecule has 0 bridgehead atoms. The van der Waals surface area contributed by atoms with E-state index in [9.17, 15) is 14.4 Å². The second-order valence-electron chi connectivity index (χ2n) is 12.2. The maximum Gasteiger partial charge on any atom is 0.410 e. The quantitative estimate of drug-likeness (QED) is 0.250. The maximum absolute atomic E-state index is 12.7. The van der Waals surface area contributed by atoms with Crippen molar-refractivity contribution in [3.05, 3.63) is 95.1 Å². The van der Waals surface area contributed by atoms with Crippen LogP contribution in [0.5, 0.6) is 11.5 Å². The van der Waals surface area contributed by atoms with E-state index in [1.165, 1.54) is 0 Å². The van der Waals surface area contributed by atoms with Crippen molar-refractivity contribution in [2.75, 3.05) is 26.3 Å². The van der Waals surface area contributed by atoms with E-state index < -0.39 is 5.60 Å². The molecule has 46 heavy (non-hydrogen) atoms. The Balaban J connectivity index is 1.07. The lowest BCUT2D eigenvalue weighted by molar-refractivity contribution is -0.126. The number of carbonyl (C=O) groups is 3. The lowest BCUT2D eigenvalue weighted by atomic mass is 9.96. The Morgan fingerprint density at radius 1 is 0.804 bits per heavy atom. The normalized spacial score (nSPS) is 13.3. The number of benzene rings is 3. The number of ether oxygens (including phenoxy) is 3. The van der Waals surface area contributed by atoms with Gasteiger partial charge in [0.05, 0.1) is 24.8 Å². The first-order chi connectivity index (χ1) is 22.1. The summed E-state index contributed by atoms with van der Waals surface area (Å²) in [6.07, 6.45) is 1.62. The summed E-state index contributed by atoms with van der Waals surface area (Å²) in [5.41, 5.74) is 2.41. The second kappa shape index (κ2) is 16.3. The smallest absolute Gasteiger partial charge is 0.410 e. The summed E-state index contributed by atoms with van der Waals surface area (Å²) in [5, 5.41) is 14.8. The third-order valence-electron chi connectivity index (χ3n) is 7.39. The predicted octanol–water partition coefficient (Wildman–Crippen LogP) is 5.60. The molecule has 4 rings (SSSR count). The van der Waals surface area contributed by atoms with Gasteiger partial charge in [0.1, 0.15) is 17.1 Å². The van der Waals surface area contributed by atoms with Crippen LogP contribution in [-0.4, -0.2) is 54.7 Å². The zero-order valence-electron chi connectivity index (χ0n) is 26.7. The number of amides is 3. The highest BCUT2D eigenvalue weighted by Crippen LogP contribution is 2.20. The standard InChI is InChI=1S/C36H42N4O6/c1-36(2,3)46-35(43)40-19-17-30(18-20-40)34(42)39-25-28-9-15-32(16-10-28)45-22-4-21-44-31-13-7-27(8-14-31)24-38-33(41)29-11-5-26(23-37)6-12-29/h5-16,30H,4,17-22,24-25H2,1-3H3,(H,38,41)(H,39,42). The molecule has 0 saturated carbocycles. The van der Waals surface area contributed by atoms with Crippen LogP contribution in [0, 0.1) is 17.2 Å². The van der Waals surface area contributed by atoms with Gasteiger partial charge in [0.25, 0.3) is 5.91 Å². The van der Waals surface area contributed by atoms with E-state index in [2.05, 4.69) is 10.6 Å². The van der Waals surface area contributed by atoms with Crippen LogP contribution in [0.25, 0.3) is 0 Å². The molecule has 1 saturated heterocycles. The van der Waals surface area contributed by atoms with Gasteiger partial charge in [-0.05, 0) is 93.3 Å². The molecule has 0 aromatic heterocycles. The monoisotopic (exact) mass is 626 g/mol. The molecule has 3 aromatic rings. The highest BCUT2D eigenvalue weighted by molar-refractivity contribution is 5.94. The number of rotatable bonds is 12. The molecule has 0 unspecified atom stereocenters. The predicted molar refractivity (Wildman–Crippen MR) is 173 cm³/mol. The largest absolute Gasteiger partial charge is 0.493 e. The van der Waals surface area contributed by atoms with Crippen LogP contribution in [0.4, 0.5) is 4.79 Å². The van der Waals surface area contributed by atoms with Gasteiger partial charge in [-0.25, -0.2) is 4.79 Å². The second-order valence-corrected chi connectivity index (χ2v) is 12.2. The van der Waals surface area contributed by atoms with Crippen molar-refractivity contribution in [1.29, 1.82) is 5.26 Å². The van der Waals surface area contributed by atoms with E-state index in [4.69, 9.17) is 19.5 Å². The summed E-state index contributed by atoms with van der Waals surface area (Å²) in [6.45, 7) is 8.37. The van der Waals surface area contributed by atoms with Crippen LogP contribution < -0.4 is 20.1 Å². The van der Waals surface area contributed by atoms with Crippen LogP contribution in [0.3, 0.4) is 0 Å². The molecular weight excluding hydrogens is 584 g/mol. The van der Waals surface area contributed by atoms with Gasteiger partial charge in [-0.3, -0.25) is 9.59 Å². The molecule has 1 heterocycles. The fourth-order valence-corrected chi connectivity index (χ4v) is 4.81. The van der Waals surface area contributed by atoms with Crippen molar-refractivity contribution in [2.45, 2.75) is 58.7 Å². The molecule has 3 aromatic carbocycles. The van der Waals surface area contributed by atoms with Crippen molar-refractivity contribution < 1.29 is 28.6 Å². The van der Waals surface area contributed by atoms with Crippen LogP contribution in [0.15, 0.2) is 72.8 Å². The van der Waals surface area contributed by atoms with Crippen LogP contribution >= 0.6 is 0 Å². The fraction of sp³-hybridized carbons (Fsp3) is 0.389. The Morgan fingerprint density at radius 3 is 1.83 bits per heavy atom. The third-order valence-corrected chi connectivity index (χ3v) is 7.39. The number of hydrogen-bond donors (Lipinski definition) is 2. The molecule has 0 spiro atoms. The molecule has 3 amide bonds. The summed E-state index contributed by atoms with van der Waals surface area (Å²) in [5.74, 6) is 1.18. The molecule has 10 nitrogen and oxygen atoms in total. The Kier molecular flexibility index (Phi) is 12.0. The summed E-state index contributed by atoms with van der Waals surface area (Å²) in [7, 11) is 0. The van der Waals surface area contributed by atoms with Gasteiger partial charge in [-0.1, -0.05) is 24.3 Å². The number of carbonyl (C=O) groups excluding carboxylic acids is 3. The molecular formula is C36H42N4O6. The van der Waals surface area contributed by atoms with Gasteiger partial charge in [0.15, 0.2) is 0 Å². The fourth-order valence-electron chi connectivity index (χ4n) is 4.81. The lowest BCUT2D eigenvalue weighted by Gasteiger charge is -2.32. The van der Waals surface area contributed by atoms with Crippen LogP contribution in [0.1, 0.15) is 67.1 Å². The Hall–Kier alpha value is -5.04. The van der Waals surface area contributed by atoms with Gasteiger partial charge in [-0.15, -0.1) is 0 Å². The molecule has 2 N–H and O–H groups in total. The Bertz CT molecular complexity index is 1480. The topological polar surface area (TPSA) is 130 Å². The molecule has 10 heteroatoms. The average Bonchev–Trinajstić information content (AvgIpc) is 3.06. The van der Waals surface area contributed by atoms with Gasteiger partial charge in [-0.2, -0.15) is 5.26 Å². The zero-order chi connectivity index (χ0) is 32.9. The molecule has 0 atom stereocenters. The molecule has 0 radical (unpaired) electrons. The van der Waals surface area contributed by atoms with E-state index in [1.807, 2.05) is 75.4 Å². The molecule has 242 valence electrons. The number of nitrogens with zero attached hydrogens (tertiary/aromatic N) is 2. The summed E-state index contributed by atoms with van der Waals surface area (Å²) in [6, 6.07) is 23.8. The van der Waals surface area contributed by atoms with Gasteiger partial charge in [0.2, 0.25) is 5.91 Å². The first kappa shape index (κ1) is 33.8.